The van der Waals surface area contributed by atoms with E-state index in [1.807, 2.05) is 0 Å². The third kappa shape index (κ3) is 5.28. The van der Waals surface area contributed by atoms with E-state index in [-0.39, 0.29) is 0 Å². The van der Waals surface area contributed by atoms with Gasteiger partial charge in [-0.3, -0.25) is 9.59 Å². The smallest absolute Gasteiger partial charge is 0.343 e. The fourth-order valence-corrected chi connectivity index (χ4v) is 2.15. The second kappa shape index (κ2) is 7.64. The highest BCUT2D eigenvalue weighted by atomic mass is 79.9. The number of benzene rings is 2. The van der Waals surface area contributed by atoms with Crippen molar-refractivity contribution in [3.63, 3.8) is 0 Å². The highest BCUT2D eigenvalue weighted by Crippen LogP contribution is 2.31. The molecular formula is C16H11BrF4N2O2. The maximum atomic E-state index is 13.2. The predicted octanol–water partition coefficient (Wildman–Crippen LogP) is 3.98. The summed E-state index contributed by atoms with van der Waals surface area (Å²) >= 11 is 3.24. The van der Waals surface area contributed by atoms with Gasteiger partial charge in [0.05, 0.1) is 12.1 Å². The molecule has 2 aromatic carbocycles. The molecule has 25 heavy (non-hydrogen) atoms. The summed E-state index contributed by atoms with van der Waals surface area (Å²) in [7, 11) is 0. The largest absolute Gasteiger partial charge is 0.419 e. The lowest BCUT2D eigenvalue weighted by Gasteiger charge is -2.10. The van der Waals surface area contributed by atoms with Gasteiger partial charge in [-0.2, -0.15) is 13.2 Å². The topological polar surface area (TPSA) is 58.2 Å². The van der Waals surface area contributed by atoms with E-state index < -0.39 is 41.5 Å². The lowest BCUT2D eigenvalue weighted by Crippen LogP contribution is -2.33. The zero-order valence-corrected chi connectivity index (χ0v) is 14.0. The number of anilines is 1. The van der Waals surface area contributed by atoms with Crippen molar-refractivity contribution in [1.29, 1.82) is 0 Å². The minimum Gasteiger partial charge on any atom is -0.343 e. The molecule has 0 saturated carbocycles. The molecule has 4 nitrogen and oxygen atoms in total. The van der Waals surface area contributed by atoms with E-state index in [0.717, 1.165) is 10.5 Å². The van der Waals surface area contributed by atoms with Crippen molar-refractivity contribution >= 4 is 33.4 Å². The minimum atomic E-state index is -4.92. The van der Waals surface area contributed by atoms with Crippen molar-refractivity contribution in [3.8, 4) is 0 Å². The van der Waals surface area contributed by atoms with Gasteiger partial charge in [0.15, 0.2) is 0 Å². The summed E-state index contributed by atoms with van der Waals surface area (Å²) < 4.78 is 51.9. The maximum absolute atomic E-state index is 13.2. The van der Waals surface area contributed by atoms with Crippen LogP contribution >= 0.6 is 15.9 Å². The van der Waals surface area contributed by atoms with Crippen molar-refractivity contribution in [2.45, 2.75) is 6.18 Å². The molecule has 0 aromatic heterocycles. The summed E-state index contributed by atoms with van der Waals surface area (Å²) in [5.41, 5.74) is -1.45. The van der Waals surface area contributed by atoms with Crippen LogP contribution < -0.4 is 10.6 Å². The van der Waals surface area contributed by atoms with Crippen molar-refractivity contribution in [1.82, 2.24) is 5.32 Å². The summed E-state index contributed by atoms with van der Waals surface area (Å²) in [5.74, 6) is -2.96. The molecule has 0 spiro atoms. The molecule has 0 saturated heterocycles. The highest BCUT2D eigenvalue weighted by molar-refractivity contribution is 9.10. The number of alkyl halides is 3. The van der Waals surface area contributed by atoms with Crippen molar-refractivity contribution < 1.29 is 27.2 Å². The van der Waals surface area contributed by atoms with Gasteiger partial charge in [0.1, 0.15) is 5.82 Å². The Labute approximate surface area is 148 Å². The van der Waals surface area contributed by atoms with Crippen LogP contribution in [0.4, 0.5) is 23.2 Å². The van der Waals surface area contributed by atoms with Crippen LogP contribution in [0, 0.1) is 5.82 Å². The van der Waals surface area contributed by atoms with Crippen LogP contribution in [0.15, 0.2) is 46.9 Å². The zero-order valence-electron chi connectivity index (χ0n) is 12.5. The molecule has 0 radical (unpaired) electrons. The van der Waals surface area contributed by atoms with Crippen molar-refractivity contribution in [3.05, 3.63) is 63.9 Å². The molecule has 2 N–H and O–H groups in total. The van der Waals surface area contributed by atoms with Gasteiger partial charge < -0.3 is 10.6 Å². The molecule has 0 aliphatic rings. The quantitative estimate of drug-likeness (QED) is 0.737. The van der Waals surface area contributed by atoms with Crippen LogP contribution in [-0.2, 0) is 11.0 Å². The van der Waals surface area contributed by atoms with E-state index in [2.05, 4.69) is 26.6 Å². The molecule has 0 atom stereocenters. The van der Waals surface area contributed by atoms with E-state index in [0.29, 0.717) is 17.8 Å². The zero-order chi connectivity index (χ0) is 18.6. The molecule has 0 bridgehead atoms. The van der Waals surface area contributed by atoms with E-state index in [9.17, 15) is 27.2 Å². The third-order valence-corrected chi connectivity index (χ3v) is 3.60. The van der Waals surface area contributed by atoms with E-state index >= 15 is 0 Å². The van der Waals surface area contributed by atoms with E-state index in [1.165, 1.54) is 0 Å². The number of carbonyl (C=O) groups excluding carboxylic acids is 2. The Morgan fingerprint density at radius 1 is 1.04 bits per heavy atom. The van der Waals surface area contributed by atoms with Crippen LogP contribution in [0.1, 0.15) is 15.9 Å². The molecule has 0 fully saturated rings. The Bertz CT molecular complexity index is 792. The number of hydrogen-bond donors (Lipinski definition) is 2. The lowest BCUT2D eigenvalue weighted by molar-refractivity contribution is -0.140. The van der Waals surface area contributed by atoms with Gasteiger partial charge in [-0.15, -0.1) is 0 Å². The van der Waals surface area contributed by atoms with Crippen molar-refractivity contribution in [2.75, 3.05) is 11.9 Å². The number of hydrogen-bond acceptors (Lipinski definition) is 2. The Hall–Kier alpha value is -2.42. The normalized spacial score (nSPS) is 11.1. The van der Waals surface area contributed by atoms with Crippen LogP contribution in [0.25, 0.3) is 0 Å². The molecule has 0 aliphatic heterocycles. The molecular weight excluding hydrogens is 408 g/mol. The summed E-state index contributed by atoms with van der Waals surface area (Å²) in [6, 6.07) is 8.51. The maximum Gasteiger partial charge on any atom is 0.419 e. The van der Waals surface area contributed by atoms with Gasteiger partial charge in [-0.25, -0.2) is 4.39 Å². The molecule has 0 heterocycles. The van der Waals surface area contributed by atoms with Crippen LogP contribution in [-0.4, -0.2) is 18.4 Å². The first-order chi connectivity index (χ1) is 11.7. The summed E-state index contributed by atoms with van der Waals surface area (Å²) in [6.45, 7) is -0.451. The number of carbonyl (C=O) groups is 2. The summed E-state index contributed by atoms with van der Waals surface area (Å²) in [4.78, 5) is 23.6. The Balaban J connectivity index is 1.98. The van der Waals surface area contributed by atoms with Gasteiger partial charge >= 0.3 is 6.18 Å². The van der Waals surface area contributed by atoms with Gasteiger partial charge in [-0.1, -0.05) is 15.9 Å². The second-order valence-electron chi connectivity index (χ2n) is 4.93. The van der Waals surface area contributed by atoms with E-state index in [1.54, 1.807) is 24.3 Å². The fraction of sp³-hybridized carbons (Fsp3) is 0.125. The summed E-state index contributed by atoms with van der Waals surface area (Å²) in [5, 5.41) is 4.68. The molecule has 0 aliphatic carbocycles. The number of amides is 2. The number of nitrogens with one attached hydrogen (secondary N) is 2. The predicted molar refractivity (Wildman–Crippen MR) is 86.5 cm³/mol. The minimum absolute atomic E-state index is 0.398. The van der Waals surface area contributed by atoms with Gasteiger partial charge in [0.2, 0.25) is 5.91 Å². The third-order valence-electron chi connectivity index (χ3n) is 3.07. The van der Waals surface area contributed by atoms with E-state index in [4.69, 9.17) is 0 Å². The first-order valence-electron chi connectivity index (χ1n) is 6.87. The first kappa shape index (κ1) is 18.9. The van der Waals surface area contributed by atoms with Crippen LogP contribution in [0.2, 0.25) is 0 Å². The van der Waals surface area contributed by atoms with Gasteiger partial charge in [-0.05, 0) is 42.5 Å². The van der Waals surface area contributed by atoms with Crippen LogP contribution in [0.5, 0.6) is 0 Å². The second-order valence-corrected chi connectivity index (χ2v) is 5.85. The molecule has 2 rings (SSSR count). The number of halogens is 5. The molecule has 132 valence electrons. The standard InChI is InChI=1S/C16H11BrF4N2O2/c17-10-2-4-11(5-3-10)23-14(24)8-22-15(25)9-1-6-13(18)12(7-9)16(19,20)21/h1-7H,8H2,(H,22,25)(H,23,24). The fourth-order valence-electron chi connectivity index (χ4n) is 1.88. The Morgan fingerprint density at radius 3 is 2.28 bits per heavy atom. The number of rotatable bonds is 4. The average Bonchev–Trinajstić information content (AvgIpc) is 2.54. The Morgan fingerprint density at radius 2 is 1.68 bits per heavy atom. The van der Waals surface area contributed by atoms with Gasteiger partial charge in [0, 0.05) is 15.7 Å². The summed E-state index contributed by atoms with van der Waals surface area (Å²) in [6.07, 6.45) is -4.92. The molecule has 9 heteroatoms. The van der Waals surface area contributed by atoms with Crippen molar-refractivity contribution in [2.24, 2.45) is 0 Å². The lowest BCUT2D eigenvalue weighted by atomic mass is 10.1. The SMILES string of the molecule is O=C(CNC(=O)c1ccc(F)c(C(F)(F)F)c1)Nc1ccc(Br)cc1. The monoisotopic (exact) mass is 418 g/mol. The molecule has 2 amide bonds. The molecule has 2 aromatic rings. The Kier molecular flexibility index (Phi) is 5.78. The first-order valence-corrected chi connectivity index (χ1v) is 7.66. The van der Waals surface area contributed by atoms with Crippen LogP contribution in [0.3, 0.4) is 0 Å². The molecule has 0 unspecified atom stereocenters. The van der Waals surface area contributed by atoms with Gasteiger partial charge in [0.25, 0.3) is 5.91 Å². The highest BCUT2D eigenvalue weighted by Gasteiger charge is 2.34. The average molecular weight is 419 g/mol.